The van der Waals surface area contributed by atoms with Gasteiger partial charge in [0.05, 0.1) is 5.75 Å². The van der Waals surface area contributed by atoms with Gasteiger partial charge in [-0.25, -0.2) is 13.1 Å². The van der Waals surface area contributed by atoms with Crippen molar-refractivity contribution in [2.24, 2.45) is 0 Å². The standard InChI is InChI=1S/C11H16N2O3S/c1-9(14)13-7-10-5-3-4-6-11(10)8-17(15,16)12-2/h3-6,12H,7-8H2,1-2H3,(H,13,14). The van der Waals surface area contributed by atoms with Gasteiger partial charge in [0, 0.05) is 13.5 Å². The zero-order valence-corrected chi connectivity index (χ0v) is 10.7. The van der Waals surface area contributed by atoms with Crippen molar-refractivity contribution in [3.8, 4) is 0 Å². The molecule has 1 rings (SSSR count). The van der Waals surface area contributed by atoms with Gasteiger partial charge < -0.3 is 5.32 Å². The molecule has 1 aromatic carbocycles. The average molecular weight is 256 g/mol. The lowest BCUT2D eigenvalue weighted by Gasteiger charge is -2.09. The van der Waals surface area contributed by atoms with Crippen molar-refractivity contribution in [3.63, 3.8) is 0 Å². The first-order valence-electron chi connectivity index (χ1n) is 5.17. The quantitative estimate of drug-likeness (QED) is 0.799. The Hall–Kier alpha value is -1.40. The smallest absolute Gasteiger partial charge is 0.217 e. The summed E-state index contributed by atoms with van der Waals surface area (Å²) >= 11 is 0. The minimum absolute atomic E-state index is 0.0841. The minimum Gasteiger partial charge on any atom is -0.352 e. The third-order valence-corrected chi connectivity index (χ3v) is 3.62. The second-order valence-corrected chi connectivity index (χ2v) is 5.57. The summed E-state index contributed by atoms with van der Waals surface area (Å²) in [5.74, 6) is -0.226. The van der Waals surface area contributed by atoms with Crippen LogP contribution in [-0.2, 0) is 27.1 Å². The summed E-state index contributed by atoms with van der Waals surface area (Å²) < 4.78 is 25.2. The molecule has 0 radical (unpaired) electrons. The Labute approximate surface area is 101 Å². The highest BCUT2D eigenvalue weighted by molar-refractivity contribution is 7.88. The third-order valence-electron chi connectivity index (χ3n) is 2.30. The molecular weight excluding hydrogens is 240 g/mol. The second-order valence-electron chi connectivity index (χ2n) is 3.64. The number of hydrogen-bond donors (Lipinski definition) is 2. The summed E-state index contributed by atoms with van der Waals surface area (Å²) in [7, 11) is -1.92. The number of hydrogen-bond acceptors (Lipinski definition) is 3. The Bertz CT molecular complexity index is 497. The molecule has 17 heavy (non-hydrogen) atoms. The molecule has 94 valence electrons. The molecule has 0 atom stereocenters. The summed E-state index contributed by atoms with van der Waals surface area (Å²) in [5, 5.41) is 2.65. The molecule has 0 aromatic heterocycles. The monoisotopic (exact) mass is 256 g/mol. The van der Waals surface area contributed by atoms with Gasteiger partial charge in [-0.05, 0) is 18.2 Å². The minimum atomic E-state index is -3.30. The molecule has 0 aliphatic carbocycles. The second kappa shape index (κ2) is 5.79. The van der Waals surface area contributed by atoms with Gasteiger partial charge in [-0.15, -0.1) is 0 Å². The Kier molecular flexibility index (Phi) is 4.65. The van der Waals surface area contributed by atoms with E-state index in [0.29, 0.717) is 12.1 Å². The van der Waals surface area contributed by atoms with E-state index in [1.165, 1.54) is 14.0 Å². The van der Waals surface area contributed by atoms with Crippen molar-refractivity contribution in [1.82, 2.24) is 10.0 Å². The van der Waals surface area contributed by atoms with Crippen LogP contribution >= 0.6 is 0 Å². The maximum Gasteiger partial charge on any atom is 0.217 e. The summed E-state index contributed by atoms with van der Waals surface area (Å²) in [4.78, 5) is 10.8. The first-order chi connectivity index (χ1) is 7.94. The van der Waals surface area contributed by atoms with E-state index in [1.54, 1.807) is 18.2 Å². The molecular formula is C11H16N2O3S. The summed E-state index contributed by atoms with van der Waals surface area (Å²) in [5.41, 5.74) is 1.50. The number of carbonyl (C=O) groups is 1. The molecule has 6 heteroatoms. The lowest BCUT2D eigenvalue weighted by atomic mass is 10.1. The van der Waals surface area contributed by atoms with Gasteiger partial charge in [-0.1, -0.05) is 24.3 Å². The fourth-order valence-electron chi connectivity index (χ4n) is 1.37. The van der Waals surface area contributed by atoms with E-state index in [4.69, 9.17) is 0 Å². The molecule has 0 aliphatic rings. The maximum atomic E-state index is 11.5. The molecule has 0 saturated heterocycles. The number of rotatable bonds is 5. The molecule has 1 amide bonds. The van der Waals surface area contributed by atoms with Crippen molar-refractivity contribution < 1.29 is 13.2 Å². The molecule has 0 fully saturated rings. The van der Waals surface area contributed by atoms with Crippen LogP contribution in [0.1, 0.15) is 18.1 Å². The van der Waals surface area contributed by atoms with Crippen LogP contribution in [0.2, 0.25) is 0 Å². The fourth-order valence-corrected chi connectivity index (χ4v) is 2.20. The molecule has 0 heterocycles. The van der Waals surface area contributed by atoms with Crippen LogP contribution in [0.15, 0.2) is 24.3 Å². The van der Waals surface area contributed by atoms with Crippen LogP contribution in [0, 0.1) is 0 Å². The number of benzene rings is 1. The van der Waals surface area contributed by atoms with Gasteiger partial charge in [0.2, 0.25) is 15.9 Å². The first kappa shape index (κ1) is 13.7. The number of sulfonamides is 1. The molecule has 0 bridgehead atoms. The highest BCUT2D eigenvalue weighted by Gasteiger charge is 2.11. The number of carbonyl (C=O) groups excluding carboxylic acids is 1. The summed E-state index contributed by atoms with van der Waals surface area (Å²) in [6, 6.07) is 7.13. The van der Waals surface area contributed by atoms with Gasteiger partial charge >= 0.3 is 0 Å². The number of amides is 1. The Morgan fingerprint density at radius 1 is 1.24 bits per heavy atom. The summed E-state index contributed by atoms with van der Waals surface area (Å²) in [6.45, 7) is 1.76. The number of nitrogens with one attached hydrogen (secondary N) is 2. The maximum absolute atomic E-state index is 11.5. The Balaban J connectivity index is 2.88. The van der Waals surface area contributed by atoms with Crippen molar-refractivity contribution in [2.75, 3.05) is 7.05 Å². The van der Waals surface area contributed by atoms with E-state index in [9.17, 15) is 13.2 Å². The molecule has 5 nitrogen and oxygen atoms in total. The van der Waals surface area contributed by atoms with Crippen molar-refractivity contribution in [1.29, 1.82) is 0 Å². The lowest BCUT2D eigenvalue weighted by Crippen LogP contribution is -2.23. The normalized spacial score (nSPS) is 11.2. The van der Waals surface area contributed by atoms with Crippen LogP contribution in [0.25, 0.3) is 0 Å². The van der Waals surface area contributed by atoms with Crippen LogP contribution in [-0.4, -0.2) is 21.4 Å². The van der Waals surface area contributed by atoms with E-state index in [-0.39, 0.29) is 11.7 Å². The SMILES string of the molecule is CNS(=O)(=O)Cc1ccccc1CNC(C)=O. The van der Waals surface area contributed by atoms with Crippen molar-refractivity contribution >= 4 is 15.9 Å². The van der Waals surface area contributed by atoms with Crippen LogP contribution in [0.5, 0.6) is 0 Å². The lowest BCUT2D eigenvalue weighted by molar-refractivity contribution is -0.119. The van der Waals surface area contributed by atoms with Gasteiger partial charge in [-0.2, -0.15) is 0 Å². The van der Waals surface area contributed by atoms with Crippen molar-refractivity contribution in [3.05, 3.63) is 35.4 Å². The topological polar surface area (TPSA) is 75.3 Å². The van der Waals surface area contributed by atoms with E-state index in [2.05, 4.69) is 10.0 Å². The molecule has 1 aromatic rings. The van der Waals surface area contributed by atoms with E-state index >= 15 is 0 Å². The van der Waals surface area contributed by atoms with Gasteiger partial charge in [0.25, 0.3) is 0 Å². The van der Waals surface area contributed by atoms with Gasteiger partial charge in [-0.3, -0.25) is 4.79 Å². The van der Waals surface area contributed by atoms with Crippen LogP contribution < -0.4 is 10.0 Å². The molecule has 0 spiro atoms. The van der Waals surface area contributed by atoms with Crippen LogP contribution in [0.4, 0.5) is 0 Å². The first-order valence-corrected chi connectivity index (χ1v) is 6.82. The molecule has 0 saturated carbocycles. The Morgan fingerprint density at radius 2 is 1.82 bits per heavy atom. The summed E-state index contributed by atoms with van der Waals surface area (Å²) in [6.07, 6.45) is 0. The van der Waals surface area contributed by atoms with Gasteiger partial charge in [0.15, 0.2) is 0 Å². The zero-order chi connectivity index (χ0) is 12.9. The highest BCUT2D eigenvalue weighted by atomic mass is 32.2. The third kappa shape index (κ3) is 4.54. The zero-order valence-electron chi connectivity index (χ0n) is 9.86. The highest BCUT2D eigenvalue weighted by Crippen LogP contribution is 2.11. The van der Waals surface area contributed by atoms with Crippen molar-refractivity contribution in [2.45, 2.75) is 19.2 Å². The largest absolute Gasteiger partial charge is 0.352 e. The molecule has 0 unspecified atom stereocenters. The predicted molar refractivity (Wildman–Crippen MR) is 65.6 cm³/mol. The molecule has 2 N–H and O–H groups in total. The molecule has 0 aliphatic heterocycles. The average Bonchev–Trinajstić information content (AvgIpc) is 2.27. The van der Waals surface area contributed by atoms with E-state index in [0.717, 1.165) is 5.56 Å². The Morgan fingerprint density at radius 3 is 2.35 bits per heavy atom. The van der Waals surface area contributed by atoms with E-state index < -0.39 is 10.0 Å². The van der Waals surface area contributed by atoms with Crippen LogP contribution in [0.3, 0.4) is 0 Å². The fraction of sp³-hybridized carbons (Fsp3) is 0.364. The predicted octanol–water partition coefficient (Wildman–Crippen LogP) is 0.372. The van der Waals surface area contributed by atoms with E-state index in [1.807, 2.05) is 6.07 Å². The van der Waals surface area contributed by atoms with Gasteiger partial charge in [0.1, 0.15) is 0 Å².